The Hall–Kier alpha value is -3.70. The Morgan fingerprint density at radius 3 is 2.08 bits per heavy atom. The maximum Gasteiger partial charge on any atom is 0.254 e. The summed E-state index contributed by atoms with van der Waals surface area (Å²) in [5.74, 6) is 1.09. The van der Waals surface area contributed by atoms with E-state index in [0.29, 0.717) is 25.2 Å². The molecule has 0 bridgehead atoms. The molecule has 0 fully saturated rings. The van der Waals surface area contributed by atoms with E-state index < -0.39 is 0 Å². The van der Waals surface area contributed by atoms with Crippen LogP contribution < -0.4 is 5.73 Å². The highest BCUT2D eigenvalue weighted by Gasteiger charge is 2.33. The average Bonchev–Trinajstić information content (AvgIpc) is 3.29. The Morgan fingerprint density at radius 1 is 0.919 bits per heavy atom. The summed E-state index contributed by atoms with van der Waals surface area (Å²) >= 11 is 0. The van der Waals surface area contributed by atoms with Crippen LogP contribution >= 0.6 is 0 Å². The van der Waals surface area contributed by atoms with Gasteiger partial charge < -0.3 is 15.2 Å². The van der Waals surface area contributed by atoms with E-state index in [1.54, 1.807) is 0 Å². The second kappa shape index (κ2) is 12.5. The molecule has 0 aliphatic heterocycles. The molecule has 0 aliphatic rings. The van der Waals surface area contributed by atoms with Crippen LogP contribution in [-0.4, -0.2) is 33.4 Å². The minimum absolute atomic E-state index is 0.0151. The molecule has 4 rings (SSSR count). The fourth-order valence-electron chi connectivity index (χ4n) is 5.03. The third-order valence-electron chi connectivity index (χ3n) is 6.78. The van der Waals surface area contributed by atoms with Gasteiger partial charge in [-0.15, -0.1) is 0 Å². The molecule has 1 atom stereocenters. The highest BCUT2D eigenvalue weighted by molar-refractivity contribution is 5.94. The molecule has 0 saturated heterocycles. The summed E-state index contributed by atoms with van der Waals surface area (Å²) in [6.45, 7) is 8.33. The molecule has 5 nitrogen and oxygen atoms in total. The zero-order valence-corrected chi connectivity index (χ0v) is 22.2. The van der Waals surface area contributed by atoms with Crippen LogP contribution in [-0.2, 0) is 13.0 Å². The van der Waals surface area contributed by atoms with Crippen LogP contribution in [0.25, 0.3) is 11.3 Å². The van der Waals surface area contributed by atoms with Crippen molar-refractivity contribution in [2.45, 2.75) is 46.2 Å². The number of carbonyl (C=O) groups excluding carboxylic acids is 1. The smallest absolute Gasteiger partial charge is 0.254 e. The SMILES string of the molecule is CCc1c(-c2ccccc2)nc(C(C(C)C)N(CCCN)C(=O)c2ccccc2)n1Cc1ccccc1. The summed E-state index contributed by atoms with van der Waals surface area (Å²) < 4.78 is 2.34. The highest BCUT2D eigenvalue weighted by atomic mass is 16.2. The van der Waals surface area contributed by atoms with Crippen molar-refractivity contribution in [2.24, 2.45) is 11.7 Å². The first kappa shape index (κ1) is 26.4. The van der Waals surface area contributed by atoms with Crippen LogP contribution in [0.5, 0.6) is 0 Å². The maximum absolute atomic E-state index is 13.9. The Kier molecular flexibility index (Phi) is 8.91. The number of amides is 1. The van der Waals surface area contributed by atoms with Gasteiger partial charge in [-0.2, -0.15) is 0 Å². The van der Waals surface area contributed by atoms with E-state index in [1.165, 1.54) is 11.3 Å². The molecule has 37 heavy (non-hydrogen) atoms. The van der Waals surface area contributed by atoms with E-state index in [9.17, 15) is 4.79 Å². The number of hydrogen-bond donors (Lipinski definition) is 1. The van der Waals surface area contributed by atoms with Gasteiger partial charge in [0, 0.05) is 29.9 Å². The minimum Gasteiger partial charge on any atom is -0.330 e. The first-order valence-corrected chi connectivity index (χ1v) is 13.3. The van der Waals surface area contributed by atoms with E-state index in [0.717, 1.165) is 29.9 Å². The van der Waals surface area contributed by atoms with E-state index in [2.05, 4.69) is 73.9 Å². The lowest BCUT2D eigenvalue weighted by Gasteiger charge is -2.35. The molecule has 0 radical (unpaired) electrons. The minimum atomic E-state index is -0.203. The molecule has 1 aromatic heterocycles. The Morgan fingerprint density at radius 2 is 1.51 bits per heavy atom. The van der Waals surface area contributed by atoms with Crippen molar-refractivity contribution in [1.82, 2.24) is 14.5 Å². The zero-order valence-electron chi connectivity index (χ0n) is 22.2. The van der Waals surface area contributed by atoms with Gasteiger partial charge in [0.25, 0.3) is 5.91 Å². The molecule has 1 unspecified atom stereocenters. The van der Waals surface area contributed by atoms with Gasteiger partial charge in [-0.1, -0.05) is 99.6 Å². The summed E-state index contributed by atoms with van der Waals surface area (Å²) in [5.41, 5.74) is 11.1. The van der Waals surface area contributed by atoms with E-state index in [1.807, 2.05) is 47.4 Å². The lowest BCUT2D eigenvalue weighted by molar-refractivity contribution is 0.0604. The lowest BCUT2D eigenvalue weighted by atomic mass is 9.99. The number of nitrogens with two attached hydrogens (primary N) is 1. The Bertz CT molecular complexity index is 1270. The maximum atomic E-state index is 13.9. The van der Waals surface area contributed by atoms with Crippen molar-refractivity contribution in [3.8, 4) is 11.3 Å². The van der Waals surface area contributed by atoms with Crippen LogP contribution in [0.15, 0.2) is 91.0 Å². The third kappa shape index (κ3) is 6.00. The van der Waals surface area contributed by atoms with Crippen LogP contribution in [0.1, 0.15) is 60.7 Å². The molecule has 5 heteroatoms. The summed E-state index contributed by atoms with van der Waals surface area (Å²) in [5, 5.41) is 0. The van der Waals surface area contributed by atoms with Gasteiger partial charge in [-0.25, -0.2) is 4.98 Å². The predicted molar refractivity (Wildman–Crippen MR) is 151 cm³/mol. The fraction of sp³-hybridized carbons (Fsp3) is 0.312. The van der Waals surface area contributed by atoms with Crippen LogP contribution in [0.3, 0.4) is 0 Å². The summed E-state index contributed by atoms with van der Waals surface area (Å²) in [6.07, 6.45) is 1.57. The molecule has 4 aromatic rings. The molecular formula is C32H38N4O. The lowest BCUT2D eigenvalue weighted by Crippen LogP contribution is -2.40. The molecule has 192 valence electrons. The third-order valence-corrected chi connectivity index (χ3v) is 6.78. The molecule has 1 heterocycles. The molecule has 0 aliphatic carbocycles. The number of imidazole rings is 1. The first-order valence-electron chi connectivity index (χ1n) is 13.3. The Balaban J connectivity index is 1.90. The average molecular weight is 495 g/mol. The van der Waals surface area contributed by atoms with E-state index >= 15 is 0 Å². The van der Waals surface area contributed by atoms with E-state index in [-0.39, 0.29) is 17.9 Å². The zero-order chi connectivity index (χ0) is 26.2. The standard InChI is InChI=1S/C32H38N4O/c1-4-28-29(26-17-10-6-11-18-26)34-31(36(28)23-25-15-8-5-9-16-25)30(24(2)3)35(22-14-21-33)32(37)27-19-12-7-13-20-27/h5-13,15-20,24,30H,4,14,21-23,33H2,1-3H3. The van der Waals surface area contributed by atoms with Crippen LogP contribution in [0.4, 0.5) is 0 Å². The summed E-state index contributed by atoms with van der Waals surface area (Å²) in [4.78, 5) is 21.2. The second-order valence-corrected chi connectivity index (χ2v) is 9.75. The monoisotopic (exact) mass is 494 g/mol. The van der Waals surface area contributed by atoms with Gasteiger partial charge in [0.2, 0.25) is 0 Å². The molecule has 0 saturated carbocycles. The first-order chi connectivity index (χ1) is 18.0. The van der Waals surface area contributed by atoms with Crippen molar-refractivity contribution < 1.29 is 4.79 Å². The van der Waals surface area contributed by atoms with Gasteiger partial charge in [0.15, 0.2) is 0 Å². The Labute approximate surface area is 221 Å². The number of benzene rings is 3. The second-order valence-electron chi connectivity index (χ2n) is 9.75. The van der Waals surface area contributed by atoms with E-state index in [4.69, 9.17) is 10.7 Å². The van der Waals surface area contributed by atoms with Crippen molar-refractivity contribution >= 4 is 5.91 Å². The summed E-state index contributed by atoms with van der Waals surface area (Å²) in [6, 6.07) is 30.2. The van der Waals surface area contributed by atoms with Crippen molar-refractivity contribution in [1.29, 1.82) is 0 Å². The number of hydrogen-bond acceptors (Lipinski definition) is 3. The molecule has 2 N–H and O–H groups in total. The number of aromatic nitrogens is 2. The van der Waals surface area contributed by atoms with Crippen LogP contribution in [0.2, 0.25) is 0 Å². The van der Waals surface area contributed by atoms with Gasteiger partial charge >= 0.3 is 0 Å². The summed E-state index contributed by atoms with van der Waals surface area (Å²) in [7, 11) is 0. The topological polar surface area (TPSA) is 64.2 Å². The van der Waals surface area contributed by atoms with Crippen LogP contribution in [0, 0.1) is 5.92 Å². The molecule has 0 spiro atoms. The van der Waals surface area contributed by atoms with Gasteiger partial charge in [-0.3, -0.25) is 4.79 Å². The number of nitrogens with zero attached hydrogens (tertiary/aromatic N) is 3. The van der Waals surface area contributed by atoms with Crippen molar-refractivity contribution in [3.05, 3.63) is 114 Å². The number of rotatable bonds is 11. The van der Waals surface area contributed by atoms with Crippen molar-refractivity contribution in [2.75, 3.05) is 13.1 Å². The molecular weight excluding hydrogens is 456 g/mol. The predicted octanol–water partition coefficient (Wildman–Crippen LogP) is 6.35. The fourth-order valence-corrected chi connectivity index (χ4v) is 5.03. The number of carbonyl (C=O) groups is 1. The normalized spacial score (nSPS) is 12.0. The highest BCUT2D eigenvalue weighted by Crippen LogP contribution is 2.35. The van der Waals surface area contributed by atoms with Crippen molar-refractivity contribution in [3.63, 3.8) is 0 Å². The van der Waals surface area contributed by atoms with Gasteiger partial charge in [0.05, 0.1) is 11.7 Å². The largest absolute Gasteiger partial charge is 0.330 e. The van der Waals surface area contributed by atoms with Gasteiger partial charge in [0.1, 0.15) is 5.82 Å². The quantitative estimate of drug-likeness (QED) is 0.264. The molecule has 3 aromatic carbocycles. The van der Waals surface area contributed by atoms with Gasteiger partial charge in [-0.05, 0) is 43.0 Å². The molecule has 1 amide bonds.